The van der Waals surface area contributed by atoms with Crippen LogP contribution in [0.2, 0.25) is 0 Å². The van der Waals surface area contributed by atoms with E-state index in [1.165, 1.54) is 11.3 Å². The summed E-state index contributed by atoms with van der Waals surface area (Å²) in [6, 6.07) is 3.53. The van der Waals surface area contributed by atoms with E-state index in [1.807, 2.05) is 18.4 Å². The minimum absolute atomic E-state index is 0. The SMILES string of the molecule is Cc1nc(-c2ccc(S(=O)(=O)NC3CCNCC3)s2)cs1.Cl. The largest absolute Gasteiger partial charge is 0.317 e. The van der Waals surface area contributed by atoms with Crippen LogP contribution in [0.5, 0.6) is 0 Å². The molecule has 1 saturated heterocycles. The molecule has 0 amide bonds. The molecule has 0 bridgehead atoms. The molecule has 1 aliphatic heterocycles. The monoisotopic (exact) mass is 379 g/mol. The number of aromatic nitrogens is 1. The molecule has 9 heteroatoms. The number of aryl methyl sites for hydroxylation is 1. The van der Waals surface area contributed by atoms with Crippen molar-refractivity contribution in [2.24, 2.45) is 0 Å². The summed E-state index contributed by atoms with van der Waals surface area (Å²) in [7, 11) is -3.42. The molecule has 22 heavy (non-hydrogen) atoms. The topological polar surface area (TPSA) is 71.1 Å². The highest BCUT2D eigenvalue weighted by atomic mass is 35.5. The summed E-state index contributed by atoms with van der Waals surface area (Å²) in [6.07, 6.45) is 1.67. The molecule has 122 valence electrons. The Kier molecular flexibility index (Phi) is 5.98. The highest BCUT2D eigenvalue weighted by Gasteiger charge is 2.23. The lowest BCUT2D eigenvalue weighted by molar-refractivity contribution is 0.427. The fraction of sp³-hybridized carbons (Fsp3) is 0.462. The van der Waals surface area contributed by atoms with Gasteiger partial charge in [-0.15, -0.1) is 35.1 Å². The quantitative estimate of drug-likeness (QED) is 0.856. The van der Waals surface area contributed by atoms with Crippen molar-refractivity contribution in [2.45, 2.75) is 30.0 Å². The summed E-state index contributed by atoms with van der Waals surface area (Å²) in [5.41, 5.74) is 0.853. The van der Waals surface area contributed by atoms with E-state index < -0.39 is 10.0 Å². The summed E-state index contributed by atoms with van der Waals surface area (Å²) in [5.74, 6) is 0. The third-order valence-corrected chi connectivity index (χ3v) is 7.27. The molecule has 0 aromatic carbocycles. The molecule has 0 saturated carbocycles. The molecule has 2 aromatic heterocycles. The molecular formula is C13H18ClN3O2S3. The molecule has 0 radical (unpaired) electrons. The van der Waals surface area contributed by atoms with Crippen molar-refractivity contribution in [3.05, 3.63) is 22.5 Å². The normalized spacial score (nSPS) is 16.4. The van der Waals surface area contributed by atoms with Gasteiger partial charge in [-0.2, -0.15) is 0 Å². The zero-order valence-electron chi connectivity index (χ0n) is 12.0. The van der Waals surface area contributed by atoms with Gasteiger partial charge in [0, 0.05) is 11.4 Å². The first-order valence-corrected chi connectivity index (χ1v) is 9.98. The number of hydrogen-bond donors (Lipinski definition) is 2. The minimum atomic E-state index is -3.42. The smallest absolute Gasteiger partial charge is 0.250 e. The van der Waals surface area contributed by atoms with E-state index in [0.717, 1.165) is 41.5 Å². The van der Waals surface area contributed by atoms with Crippen LogP contribution >= 0.6 is 35.1 Å². The van der Waals surface area contributed by atoms with Crippen molar-refractivity contribution in [2.75, 3.05) is 13.1 Å². The molecule has 0 aliphatic carbocycles. The Morgan fingerprint density at radius 3 is 2.68 bits per heavy atom. The van der Waals surface area contributed by atoms with Gasteiger partial charge < -0.3 is 5.32 Å². The summed E-state index contributed by atoms with van der Waals surface area (Å²) in [6.45, 7) is 3.67. The first-order valence-electron chi connectivity index (χ1n) is 6.80. The maximum Gasteiger partial charge on any atom is 0.250 e. The Balaban J connectivity index is 0.00000176. The average molecular weight is 380 g/mol. The zero-order valence-corrected chi connectivity index (χ0v) is 15.3. The summed E-state index contributed by atoms with van der Waals surface area (Å²) in [4.78, 5) is 5.29. The number of nitrogens with one attached hydrogen (secondary N) is 2. The van der Waals surface area contributed by atoms with E-state index in [0.29, 0.717) is 4.21 Å². The lowest BCUT2D eigenvalue weighted by atomic mass is 10.1. The number of nitrogens with zero attached hydrogens (tertiary/aromatic N) is 1. The maximum atomic E-state index is 12.4. The van der Waals surface area contributed by atoms with Crippen LogP contribution in [0.15, 0.2) is 21.7 Å². The molecule has 0 atom stereocenters. The van der Waals surface area contributed by atoms with E-state index in [2.05, 4.69) is 15.0 Å². The van der Waals surface area contributed by atoms with Gasteiger partial charge in [-0.1, -0.05) is 0 Å². The van der Waals surface area contributed by atoms with Gasteiger partial charge >= 0.3 is 0 Å². The molecular weight excluding hydrogens is 362 g/mol. The Hall–Kier alpha value is -0.510. The van der Waals surface area contributed by atoms with Crippen molar-refractivity contribution in [1.29, 1.82) is 0 Å². The lowest BCUT2D eigenvalue weighted by Gasteiger charge is -2.23. The number of piperidine rings is 1. The first-order chi connectivity index (χ1) is 10.0. The first kappa shape index (κ1) is 17.8. The van der Waals surface area contributed by atoms with Crippen molar-refractivity contribution >= 4 is 45.1 Å². The van der Waals surface area contributed by atoms with Crippen LogP contribution < -0.4 is 10.0 Å². The van der Waals surface area contributed by atoms with Gasteiger partial charge in [0.15, 0.2) is 0 Å². The van der Waals surface area contributed by atoms with Crippen molar-refractivity contribution in [3.8, 4) is 10.6 Å². The van der Waals surface area contributed by atoms with E-state index in [4.69, 9.17) is 0 Å². The zero-order chi connectivity index (χ0) is 14.9. The second kappa shape index (κ2) is 7.37. The minimum Gasteiger partial charge on any atom is -0.317 e. The van der Waals surface area contributed by atoms with Gasteiger partial charge in [0.1, 0.15) is 4.21 Å². The lowest BCUT2D eigenvalue weighted by Crippen LogP contribution is -2.42. The summed E-state index contributed by atoms with van der Waals surface area (Å²) < 4.78 is 28.0. The second-order valence-corrected chi connectivity index (χ2v) is 9.10. The number of thiophene rings is 1. The highest BCUT2D eigenvalue weighted by Crippen LogP contribution is 2.31. The Morgan fingerprint density at radius 2 is 2.05 bits per heavy atom. The Labute approximate surface area is 144 Å². The summed E-state index contributed by atoms with van der Waals surface area (Å²) >= 11 is 2.84. The van der Waals surface area contributed by atoms with E-state index >= 15 is 0 Å². The molecule has 0 unspecified atom stereocenters. The molecule has 3 heterocycles. The van der Waals surface area contributed by atoms with Crippen LogP contribution in [-0.2, 0) is 10.0 Å². The van der Waals surface area contributed by atoms with Crippen LogP contribution in [-0.4, -0.2) is 32.5 Å². The Morgan fingerprint density at radius 1 is 1.32 bits per heavy atom. The molecule has 3 rings (SSSR count). The predicted molar refractivity (Wildman–Crippen MR) is 93.6 cm³/mol. The van der Waals surface area contributed by atoms with Crippen LogP contribution in [0.1, 0.15) is 17.8 Å². The highest BCUT2D eigenvalue weighted by molar-refractivity contribution is 7.91. The molecule has 2 N–H and O–H groups in total. The number of rotatable bonds is 4. The van der Waals surface area contributed by atoms with Crippen molar-refractivity contribution in [1.82, 2.24) is 15.0 Å². The maximum absolute atomic E-state index is 12.4. The third-order valence-electron chi connectivity index (χ3n) is 3.38. The van der Waals surface area contributed by atoms with Crippen LogP contribution in [0.3, 0.4) is 0 Å². The van der Waals surface area contributed by atoms with E-state index in [1.54, 1.807) is 17.4 Å². The van der Waals surface area contributed by atoms with Crippen LogP contribution in [0.25, 0.3) is 10.6 Å². The summed E-state index contributed by atoms with van der Waals surface area (Å²) in [5, 5.41) is 6.17. The van der Waals surface area contributed by atoms with Gasteiger partial charge in [-0.25, -0.2) is 18.1 Å². The number of thiazole rings is 1. The number of halogens is 1. The predicted octanol–water partition coefficient (Wildman–Crippen LogP) is 2.63. The molecule has 2 aromatic rings. The fourth-order valence-corrected chi connectivity index (χ4v) is 5.57. The van der Waals surface area contributed by atoms with Gasteiger partial charge in [0.25, 0.3) is 0 Å². The molecule has 1 aliphatic rings. The van der Waals surface area contributed by atoms with Crippen LogP contribution in [0.4, 0.5) is 0 Å². The standard InChI is InChI=1S/C13H17N3O2S3.ClH/c1-9-15-11(8-19-9)12-2-3-13(20-12)21(17,18)16-10-4-6-14-7-5-10;/h2-3,8,10,14,16H,4-7H2,1H3;1H. The molecule has 5 nitrogen and oxygen atoms in total. The van der Waals surface area contributed by atoms with E-state index in [9.17, 15) is 8.42 Å². The fourth-order valence-electron chi connectivity index (χ4n) is 2.30. The molecule has 0 spiro atoms. The van der Waals surface area contributed by atoms with Crippen molar-refractivity contribution < 1.29 is 8.42 Å². The second-order valence-electron chi connectivity index (χ2n) is 5.02. The third kappa shape index (κ3) is 4.06. The van der Waals surface area contributed by atoms with Crippen molar-refractivity contribution in [3.63, 3.8) is 0 Å². The number of hydrogen-bond acceptors (Lipinski definition) is 6. The molecule has 1 fully saturated rings. The average Bonchev–Trinajstić information content (AvgIpc) is 3.08. The van der Waals surface area contributed by atoms with Gasteiger partial charge in [-0.3, -0.25) is 0 Å². The van der Waals surface area contributed by atoms with E-state index in [-0.39, 0.29) is 18.4 Å². The van der Waals surface area contributed by atoms with Gasteiger partial charge in [0.2, 0.25) is 10.0 Å². The van der Waals surface area contributed by atoms with Gasteiger partial charge in [-0.05, 0) is 45.0 Å². The Bertz CT molecular complexity index is 720. The van der Waals surface area contributed by atoms with Gasteiger partial charge in [0.05, 0.1) is 15.6 Å². The van der Waals surface area contributed by atoms with Crippen LogP contribution in [0, 0.1) is 6.92 Å². The number of sulfonamides is 1.